The first kappa shape index (κ1) is 14.9. The zero-order valence-corrected chi connectivity index (χ0v) is 11.9. The van der Waals surface area contributed by atoms with Gasteiger partial charge in [0.1, 0.15) is 0 Å². The molecule has 0 aliphatic rings. The molecule has 0 aromatic rings. The number of carbonyl (C=O) groups excluding carboxylic acids is 1. The maximum Gasteiger partial charge on any atom is 0.234 e. The van der Waals surface area contributed by atoms with E-state index in [0.29, 0.717) is 12.0 Å². The second-order valence-corrected chi connectivity index (χ2v) is 5.54. The molecule has 0 aliphatic carbocycles. The van der Waals surface area contributed by atoms with E-state index in [2.05, 4.69) is 35.1 Å². The Hall–Kier alpha value is -0.0500. The highest BCUT2D eigenvalue weighted by Gasteiger charge is 2.19. The molecule has 0 saturated carbocycles. The lowest BCUT2D eigenvalue weighted by Gasteiger charge is -2.18. The number of rotatable bonds is 7. The van der Waals surface area contributed by atoms with Gasteiger partial charge in [-0.3, -0.25) is 4.79 Å². The average molecular weight is 278 g/mol. The molecule has 0 saturated heterocycles. The van der Waals surface area contributed by atoms with Gasteiger partial charge in [0.25, 0.3) is 0 Å². The molecule has 3 heteroatoms. The van der Waals surface area contributed by atoms with Crippen LogP contribution >= 0.6 is 15.9 Å². The number of carbonyl (C=O) groups is 1. The molecular weight excluding hydrogens is 254 g/mol. The molecule has 0 spiro atoms. The molecule has 90 valence electrons. The Bertz CT molecular complexity index is 182. The second-order valence-electron chi connectivity index (χ2n) is 4.55. The van der Waals surface area contributed by atoms with Crippen LogP contribution in [0.25, 0.3) is 0 Å². The van der Waals surface area contributed by atoms with Crippen molar-refractivity contribution < 1.29 is 4.79 Å². The SMILES string of the molecule is CCCCCC(C)NC(=O)C(Br)C(C)C. The maximum atomic E-state index is 11.7. The molecule has 0 aliphatic heterocycles. The Morgan fingerprint density at radius 2 is 1.87 bits per heavy atom. The third kappa shape index (κ3) is 6.93. The number of nitrogens with one attached hydrogen (secondary N) is 1. The number of hydrogen-bond acceptors (Lipinski definition) is 1. The summed E-state index contributed by atoms with van der Waals surface area (Å²) in [4.78, 5) is 11.6. The molecule has 0 aromatic carbocycles. The minimum absolute atomic E-state index is 0.0638. The third-order valence-corrected chi connectivity index (χ3v) is 3.94. The van der Waals surface area contributed by atoms with Gasteiger partial charge in [-0.05, 0) is 19.3 Å². The number of unbranched alkanes of at least 4 members (excludes halogenated alkanes) is 2. The summed E-state index contributed by atoms with van der Waals surface area (Å²) in [6.07, 6.45) is 4.76. The molecule has 2 atom stereocenters. The third-order valence-electron chi connectivity index (χ3n) is 2.47. The highest BCUT2D eigenvalue weighted by Crippen LogP contribution is 2.12. The largest absolute Gasteiger partial charge is 0.353 e. The number of alkyl halides is 1. The molecule has 0 radical (unpaired) electrons. The molecule has 1 amide bonds. The molecule has 0 rings (SSSR count). The van der Waals surface area contributed by atoms with E-state index in [1.54, 1.807) is 0 Å². The highest BCUT2D eigenvalue weighted by atomic mass is 79.9. The summed E-state index contributed by atoms with van der Waals surface area (Å²) in [7, 11) is 0. The molecule has 0 aromatic heterocycles. The van der Waals surface area contributed by atoms with Crippen LogP contribution in [0.2, 0.25) is 0 Å². The highest BCUT2D eigenvalue weighted by molar-refractivity contribution is 9.10. The minimum Gasteiger partial charge on any atom is -0.353 e. The molecular formula is C12H24BrNO. The lowest BCUT2D eigenvalue weighted by molar-refractivity contribution is -0.121. The zero-order valence-electron chi connectivity index (χ0n) is 10.3. The monoisotopic (exact) mass is 277 g/mol. The molecule has 2 nitrogen and oxygen atoms in total. The van der Waals surface area contributed by atoms with Crippen molar-refractivity contribution in [2.75, 3.05) is 0 Å². The van der Waals surface area contributed by atoms with Gasteiger partial charge in [0, 0.05) is 6.04 Å². The van der Waals surface area contributed by atoms with Crippen LogP contribution in [0.4, 0.5) is 0 Å². The first-order chi connectivity index (χ1) is 6.99. The number of hydrogen-bond donors (Lipinski definition) is 1. The van der Waals surface area contributed by atoms with Crippen molar-refractivity contribution in [1.82, 2.24) is 5.32 Å². The first-order valence-corrected chi connectivity index (χ1v) is 6.85. The predicted molar refractivity (Wildman–Crippen MR) is 69.3 cm³/mol. The summed E-state index contributed by atoms with van der Waals surface area (Å²) in [5, 5.41) is 3.03. The maximum absolute atomic E-state index is 11.7. The van der Waals surface area contributed by atoms with Crippen LogP contribution in [-0.4, -0.2) is 16.8 Å². The Balaban J connectivity index is 3.75. The van der Waals surface area contributed by atoms with Gasteiger partial charge in [0.05, 0.1) is 4.83 Å². The molecule has 2 unspecified atom stereocenters. The molecule has 15 heavy (non-hydrogen) atoms. The van der Waals surface area contributed by atoms with Gasteiger partial charge in [-0.15, -0.1) is 0 Å². The van der Waals surface area contributed by atoms with E-state index in [4.69, 9.17) is 0 Å². The molecule has 0 bridgehead atoms. The van der Waals surface area contributed by atoms with E-state index >= 15 is 0 Å². The Labute approximate surface area is 102 Å². The Kier molecular flexibility index (Phi) is 8.12. The smallest absolute Gasteiger partial charge is 0.234 e. The molecule has 1 N–H and O–H groups in total. The van der Waals surface area contributed by atoms with E-state index in [-0.39, 0.29) is 10.7 Å². The Morgan fingerprint density at radius 1 is 1.27 bits per heavy atom. The zero-order chi connectivity index (χ0) is 11.8. The van der Waals surface area contributed by atoms with Crippen LogP contribution in [0, 0.1) is 5.92 Å². The van der Waals surface area contributed by atoms with Gasteiger partial charge in [0.15, 0.2) is 0 Å². The summed E-state index contributed by atoms with van der Waals surface area (Å²) < 4.78 is 0. The summed E-state index contributed by atoms with van der Waals surface area (Å²) >= 11 is 3.41. The lowest BCUT2D eigenvalue weighted by atomic mass is 10.1. The summed E-state index contributed by atoms with van der Waals surface area (Å²) in [6.45, 7) is 8.35. The topological polar surface area (TPSA) is 29.1 Å². The first-order valence-electron chi connectivity index (χ1n) is 5.93. The standard InChI is InChI=1S/C12H24BrNO/c1-5-6-7-8-10(4)14-12(15)11(13)9(2)3/h9-11H,5-8H2,1-4H3,(H,14,15). The van der Waals surface area contributed by atoms with E-state index in [1.807, 2.05) is 13.8 Å². The van der Waals surface area contributed by atoms with Crippen molar-refractivity contribution in [3.8, 4) is 0 Å². The quantitative estimate of drug-likeness (QED) is 0.560. The summed E-state index contributed by atoms with van der Waals surface area (Å²) in [5.74, 6) is 0.460. The van der Waals surface area contributed by atoms with Crippen molar-refractivity contribution in [2.24, 2.45) is 5.92 Å². The average Bonchev–Trinajstić information content (AvgIpc) is 2.16. The number of amides is 1. The van der Waals surface area contributed by atoms with Gasteiger partial charge in [-0.2, -0.15) is 0 Å². The van der Waals surface area contributed by atoms with E-state index in [9.17, 15) is 4.79 Å². The van der Waals surface area contributed by atoms with Crippen molar-refractivity contribution in [3.05, 3.63) is 0 Å². The molecule has 0 heterocycles. The molecule has 0 fully saturated rings. The normalized spacial score (nSPS) is 15.1. The van der Waals surface area contributed by atoms with Crippen LogP contribution < -0.4 is 5.32 Å². The van der Waals surface area contributed by atoms with Gasteiger partial charge in [0.2, 0.25) is 5.91 Å². The van der Waals surface area contributed by atoms with Gasteiger partial charge in [-0.1, -0.05) is 56.0 Å². The van der Waals surface area contributed by atoms with Gasteiger partial charge < -0.3 is 5.32 Å². The van der Waals surface area contributed by atoms with Crippen LogP contribution in [-0.2, 0) is 4.79 Å². The Morgan fingerprint density at radius 3 is 2.33 bits per heavy atom. The van der Waals surface area contributed by atoms with Gasteiger partial charge >= 0.3 is 0 Å². The predicted octanol–water partition coefficient (Wildman–Crippen LogP) is 3.49. The summed E-state index contributed by atoms with van der Waals surface area (Å²) in [5.41, 5.74) is 0. The number of halogens is 1. The van der Waals surface area contributed by atoms with Crippen LogP contribution in [0.3, 0.4) is 0 Å². The lowest BCUT2D eigenvalue weighted by Crippen LogP contribution is -2.39. The minimum atomic E-state index is -0.0638. The van der Waals surface area contributed by atoms with E-state index in [0.717, 1.165) is 6.42 Å². The van der Waals surface area contributed by atoms with Crippen LogP contribution in [0.1, 0.15) is 53.4 Å². The van der Waals surface area contributed by atoms with Gasteiger partial charge in [-0.25, -0.2) is 0 Å². The van der Waals surface area contributed by atoms with Crippen molar-refractivity contribution in [2.45, 2.75) is 64.2 Å². The van der Waals surface area contributed by atoms with Crippen molar-refractivity contribution >= 4 is 21.8 Å². The van der Waals surface area contributed by atoms with Crippen LogP contribution in [0.15, 0.2) is 0 Å². The van der Waals surface area contributed by atoms with E-state index in [1.165, 1.54) is 19.3 Å². The fourth-order valence-electron chi connectivity index (χ4n) is 1.40. The summed E-state index contributed by atoms with van der Waals surface area (Å²) in [6, 6.07) is 0.294. The fraction of sp³-hybridized carbons (Fsp3) is 0.917. The van der Waals surface area contributed by atoms with E-state index < -0.39 is 0 Å². The second kappa shape index (κ2) is 8.14. The van der Waals surface area contributed by atoms with Crippen molar-refractivity contribution in [1.29, 1.82) is 0 Å². The van der Waals surface area contributed by atoms with Crippen LogP contribution in [0.5, 0.6) is 0 Å². The van der Waals surface area contributed by atoms with Crippen molar-refractivity contribution in [3.63, 3.8) is 0 Å². The fourth-order valence-corrected chi connectivity index (χ4v) is 1.53.